The fourth-order valence-electron chi connectivity index (χ4n) is 0. The molecule has 384 valence electrons. The normalized spacial score (nSPS) is 11.2. The quantitative estimate of drug-likeness (QED) is 0.0608. The van der Waals surface area contributed by atoms with Crippen molar-refractivity contribution < 1.29 is 262 Å². The largest absolute Gasteiger partial charge is 3.00 e. The second-order valence-corrected chi connectivity index (χ2v) is 15.9. The van der Waals surface area contributed by atoms with E-state index in [1.165, 1.54) is 0 Å². The molecule has 0 heterocycles. The second-order valence-electron chi connectivity index (χ2n) is 5.29. The van der Waals surface area contributed by atoms with Crippen LogP contribution < -0.4 is 51.4 Å². The molecule has 62 heavy (non-hydrogen) atoms. The van der Waals surface area contributed by atoms with Gasteiger partial charge >= 0.3 is 173 Å². The molecule has 0 radical (unpaired) electrons. The van der Waals surface area contributed by atoms with Crippen molar-refractivity contribution in [1.82, 2.24) is 0 Å². The van der Waals surface area contributed by atoms with Crippen molar-refractivity contribution >= 4 is 142 Å². The fourth-order valence-corrected chi connectivity index (χ4v) is 0. The molecule has 0 amide bonds. The minimum Gasteiger partial charge on any atom is -0.759 e. The molecule has 0 aromatic rings. The summed E-state index contributed by atoms with van der Waals surface area (Å²) in [6.45, 7) is 0. The third-order valence-electron chi connectivity index (χ3n) is 0. The first-order chi connectivity index (χ1) is 24.0. The van der Waals surface area contributed by atoms with Crippen LogP contribution in [0.5, 0.6) is 0 Å². The zero-order chi connectivity index (χ0) is 54.0. The van der Waals surface area contributed by atoms with Crippen LogP contribution in [0.25, 0.3) is 0 Å². The molecule has 0 aromatic heterocycles. The number of rotatable bonds is 0. The van der Waals surface area contributed by atoms with Gasteiger partial charge in [0, 0.05) is 20.8 Å². The first kappa shape index (κ1) is 101. The minimum atomic E-state index is -5.17. The van der Waals surface area contributed by atoms with E-state index in [1.807, 2.05) is 0 Å². The van der Waals surface area contributed by atoms with Gasteiger partial charge in [-0.3, -0.25) is 108 Å². The van der Waals surface area contributed by atoms with E-state index >= 15 is 0 Å². The summed E-state index contributed by atoms with van der Waals surface area (Å²) in [6, 6.07) is 0. The van der Waals surface area contributed by atoms with E-state index in [1.54, 1.807) is 0 Å². The van der Waals surface area contributed by atoms with Gasteiger partial charge in [0.15, 0.2) is 0 Å². The third kappa shape index (κ3) is 581000. The SMILES string of the molecule is O=S(=O)(O)O.O=S(=O)(O)O.O=S(=O)(O)O.O=S(=O)(O)O.O=S(=O)(O)O.O=S(=O)(O)O.O=S(=O)(O)O.O=S(=O)(O)O.O=S(=O)(O)O.O=S(=O)(O)O.O=S(=O)([O-])[O-].O=S(=O)([O-])[O-].[Al+3].[K+]. The summed E-state index contributed by atoms with van der Waals surface area (Å²) in [5, 5.41) is 0. The van der Waals surface area contributed by atoms with Crippen LogP contribution in [0.4, 0.5) is 0 Å². The van der Waals surface area contributed by atoms with Gasteiger partial charge in [-0.05, 0) is 0 Å². The van der Waals surface area contributed by atoms with E-state index in [9.17, 15) is 0 Å². The van der Waals surface area contributed by atoms with Crippen molar-refractivity contribution in [3.8, 4) is 0 Å². The molecule has 0 aliphatic carbocycles. The molecule has 0 spiro atoms. The second kappa shape index (κ2) is 42.9. The van der Waals surface area contributed by atoms with Crippen LogP contribution in [0.15, 0.2) is 0 Å². The molecule has 20 N–H and O–H groups in total. The van der Waals surface area contributed by atoms with Gasteiger partial charge in [0.05, 0.1) is 0 Å². The molecular weight excluding hydrogens is 1220 g/mol. The average molecular weight is 1240 g/mol. The summed E-state index contributed by atoms with van der Waals surface area (Å²) in [6.07, 6.45) is 0. The molecule has 0 aliphatic heterocycles. The molecule has 0 saturated heterocycles. The summed E-state index contributed by atoms with van der Waals surface area (Å²) < 4.78 is 384. The van der Waals surface area contributed by atoms with Gasteiger partial charge in [-0.1, -0.05) is 0 Å². The average Bonchev–Trinajstić information content (AvgIpc) is 2.48. The van der Waals surface area contributed by atoms with E-state index in [0.29, 0.717) is 0 Å². The molecule has 0 aromatic carbocycles. The maximum Gasteiger partial charge on any atom is 3.00 e. The maximum atomic E-state index is 8.74. The first-order valence-electron chi connectivity index (χ1n) is 8.32. The van der Waals surface area contributed by atoms with E-state index in [0.717, 1.165) is 0 Å². The molecule has 0 rings (SSSR count). The van der Waals surface area contributed by atoms with Crippen LogP contribution in [-0.2, 0) is 125 Å². The summed E-state index contributed by atoms with van der Waals surface area (Å²) in [5.41, 5.74) is 0. The molecule has 0 saturated carbocycles. The Morgan fingerprint density at radius 1 is 0.177 bits per heavy atom. The summed E-state index contributed by atoms with van der Waals surface area (Å²) in [4.78, 5) is 0. The van der Waals surface area contributed by atoms with E-state index in [4.69, 9.17) is 210 Å². The van der Waals surface area contributed by atoms with Gasteiger partial charge in [0.2, 0.25) is 0 Å². The third-order valence-corrected chi connectivity index (χ3v) is 0. The van der Waals surface area contributed by atoms with Gasteiger partial charge in [-0.15, -0.1) is 0 Å². The van der Waals surface area contributed by atoms with Crippen LogP contribution in [0.3, 0.4) is 0 Å². The Kier molecular flexibility index (Phi) is 69.6. The molecule has 0 atom stereocenters. The van der Waals surface area contributed by atoms with E-state index in [-0.39, 0.29) is 68.7 Å². The smallest absolute Gasteiger partial charge is 0.759 e. The van der Waals surface area contributed by atoms with Crippen LogP contribution in [0, 0.1) is 0 Å². The molecule has 48 nitrogen and oxygen atoms in total. The Morgan fingerprint density at radius 3 is 0.177 bits per heavy atom. The Balaban J connectivity index is -0.0000000337. The topological polar surface area (TPSA) is 907 Å². The van der Waals surface area contributed by atoms with E-state index in [2.05, 4.69) is 0 Å². The standard InChI is InChI=1S/Al.K.12H2O4S/c;;12*1-5(2,3)4/h;;12*(H2,1,2,3,4)/q+3;+1;;;;;;;;;;;;/p-4. The maximum absolute atomic E-state index is 8.74. The molecule has 0 fully saturated rings. The predicted octanol–water partition coefficient (Wildman–Crippen LogP) is -12.6. The zero-order valence-electron chi connectivity index (χ0n) is 26.9. The zero-order valence-corrected chi connectivity index (χ0v) is 40.9. The summed E-state index contributed by atoms with van der Waals surface area (Å²) in [7, 11) is -57.0. The molecule has 62 heteroatoms. The van der Waals surface area contributed by atoms with Gasteiger partial charge in [0.25, 0.3) is 0 Å². The molecule has 0 aliphatic rings. The molecule has 0 unspecified atom stereocenters. The number of hydrogen-bond acceptors (Lipinski definition) is 28. The summed E-state index contributed by atoms with van der Waals surface area (Å²) in [5.74, 6) is 0. The van der Waals surface area contributed by atoms with Crippen molar-refractivity contribution in [2.24, 2.45) is 0 Å². The Bertz CT molecular complexity index is 1700. The number of hydrogen-bond donors (Lipinski definition) is 20. The van der Waals surface area contributed by atoms with Crippen LogP contribution >= 0.6 is 0 Å². The van der Waals surface area contributed by atoms with Crippen molar-refractivity contribution in [3.05, 3.63) is 0 Å². The van der Waals surface area contributed by atoms with Crippen molar-refractivity contribution in [3.63, 3.8) is 0 Å². The first-order valence-corrected chi connectivity index (χ1v) is 25.0. The van der Waals surface area contributed by atoms with Gasteiger partial charge in [-0.25, -0.2) is 0 Å². The van der Waals surface area contributed by atoms with Crippen molar-refractivity contribution in [2.75, 3.05) is 0 Å². The summed E-state index contributed by atoms with van der Waals surface area (Å²) >= 11 is 0. The van der Waals surface area contributed by atoms with Crippen molar-refractivity contribution in [1.29, 1.82) is 0 Å². The fraction of sp³-hybridized carbons (Fsp3) is 0. The molecule has 0 bridgehead atoms. The Morgan fingerprint density at radius 2 is 0.177 bits per heavy atom. The van der Waals surface area contributed by atoms with Gasteiger partial charge in [0.1, 0.15) is 0 Å². The Labute approximate surface area is 399 Å². The van der Waals surface area contributed by atoms with E-state index < -0.39 is 125 Å². The predicted molar refractivity (Wildman–Crippen MR) is 168 cm³/mol. The van der Waals surface area contributed by atoms with Crippen LogP contribution in [0.1, 0.15) is 0 Å². The monoisotopic (exact) mass is 1240 g/mol. The van der Waals surface area contributed by atoms with Crippen LogP contribution in [-0.4, -0.2) is 228 Å². The Hall–Kier alpha value is 0.609. The van der Waals surface area contributed by atoms with Gasteiger partial charge < -0.3 is 18.2 Å². The van der Waals surface area contributed by atoms with Gasteiger partial charge in [-0.2, -0.15) is 84.2 Å². The van der Waals surface area contributed by atoms with Crippen molar-refractivity contribution in [2.45, 2.75) is 0 Å². The van der Waals surface area contributed by atoms with Crippen LogP contribution in [0.2, 0.25) is 0 Å². The minimum absolute atomic E-state index is 0. The molecular formula is H20AlKO48S12.